The molecule has 0 radical (unpaired) electrons. The standard InChI is InChI=1S/C22H24N2O4S/c1-17-10-12-19(13-11-17)24(2)29(26,27)21-9-3-6-18(16-21)22(25)23-14-4-7-20-8-5-15-28-20/h3,5-6,8-13,15-16H,4,7,14H2,1-2H3,(H,23,25). The Kier molecular flexibility index (Phi) is 6.39. The zero-order chi connectivity index (χ0) is 20.9. The van der Waals surface area contributed by atoms with Crippen molar-refractivity contribution in [3.8, 4) is 0 Å². The minimum absolute atomic E-state index is 0.0730. The summed E-state index contributed by atoms with van der Waals surface area (Å²) in [6.45, 7) is 2.41. The predicted molar refractivity (Wildman–Crippen MR) is 113 cm³/mol. The molecule has 1 amide bonds. The normalized spacial score (nSPS) is 11.2. The molecule has 0 fully saturated rings. The van der Waals surface area contributed by atoms with Gasteiger partial charge in [0.05, 0.1) is 16.8 Å². The Hall–Kier alpha value is -3.06. The molecular formula is C22H24N2O4S. The van der Waals surface area contributed by atoms with Gasteiger partial charge in [0.25, 0.3) is 15.9 Å². The van der Waals surface area contributed by atoms with E-state index >= 15 is 0 Å². The van der Waals surface area contributed by atoms with Gasteiger partial charge in [0.15, 0.2) is 0 Å². The molecule has 0 atom stereocenters. The van der Waals surface area contributed by atoms with Gasteiger partial charge < -0.3 is 9.73 Å². The molecule has 0 saturated heterocycles. The van der Waals surface area contributed by atoms with Crippen molar-refractivity contribution in [2.75, 3.05) is 17.9 Å². The van der Waals surface area contributed by atoms with Crippen LogP contribution in [0.15, 0.2) is 76.2 Å². The summed E-state index contributed by atoms with van der Waals surface area (Å²) >= 11 is 0. The summed E-state index contributed by atoms with van der Waals surface area (Å²) in [5.41, 5.74) is 1.91. The summed E-state index contributed by atoms with van der Waals surface area (Å²) in [6, 6.07) is 17.0. The van der Waals surface area contributed by atoms with Crippen LogP contribution < -0.4 is 9.62 Å². The number of furan rings is 1. The van der Waals surface area contributed by atoms with Crippen molar-refractivity contribution in [1.82, 2.24) is 5.32 Å². The van der Waals surface area contributed by atoms with Crippen LogP contribution in [0.2, 0.25) is 0 Å². The first-order chi connectivity index (χ1) is 13.9. The summed E-state index contributed by atoms with van der Waals surface area (Å²) < 4.78 is 32.4. The lowest BCUT2D eigenvalue weighted by Gasteiger charge is -2.20. The maximum absolute atomic E-state index is 13.0. The number of nitrogens with zero attached hydrogens (tertiary/aromatic N) is 1. The smallest absolute Gasteiger partial charge is 0.264 e. The van der Waals surface area contributed by atoms with E-state index in [-0.39, 0.29) is 10.8 Å². The zero-order valence-corrected chi connectivity index (χ0v) is 17.3. The maximum Gasteiger partial charge on any atom is 0.264 e. The highest BCUT2D eigenvalue weighted by atomic mass is 32.2. The van der Waals surface area contributed by atoms with Gasteiger partial charge in [-0.25, -0.2) is 8.42 Å². The third kappa shape index (κ3) is 5.06. The quantitative estimate of drug-likeness (QED) is 0.571. The van der Waals surface area contributed by atoms with E-state index in [0.717, 1.165) is 24.2 Å². The van der Waals surface area contributed by atoms with E-state index < -0.39 is 10.0 Å². The summed E-state index contributed by atoms with van der Waals surface area (Å²) in [5.74, 6) is 0.561. The third-order valence-corrected chi connectivity index (χ3v) is 6.40. The van der Waals surface area contributed by atoms with E-state index in [4.69, 9.17) is 4.42 Å². The molecule has 0 unspecified atom stereocenters. The van der Waals surface area contributed by atoms with Crippen molar-refractivity contribution in [3.05, 3.63) is 83.8 Å². The number of aryl methyl sites for hydroxylation is 2. The van der Waals surface area contributed by atoms with Crippen LogP contribution in [-0.4, -0.2) is 27.9 Å². The number of rotatable bonds is 8. The van der Waals surface area contributed by atoms with Crippen molar-refractivity contribution in [3.63, 3.8) is 0 Å². The van der Waals surface area contributed by atoms with Crippen molar-refractivity contribution in [1.29, 1.82) is 0 Å². The van der Waals surface area contributed by atoms with Crippen molar-refractivity contribution >= 4 is 21.6 Å². The maximum atomic E-state index is 13.0. The average molecular weight is 413 g/mol. The molecule has 0 spiro atoms. The van der Waals surface area contributed by atoms with Crippen molar-refractivity contribution < 1.29 is 17.6 Å². The number of sulfonamides is 1. The Morgan fingerprint density at radius 1 is 1.07 bits per heavy atom. The van der Waals surface area contributed by atoms with Crippen molar-refractivity contribution in [2.45, 2.75) is 24.7 Å². The molecule has 152 valence electrons. The van der Waals surface area contributed by atoms with E-state index in [1.54, 1.807) is 30.5 Å². The number of anilines is 1. The van der Waals surface area contributed by atoms with Gasteiger partial charge in [0, 0.05) is 25.6 Å². The van der Waals surface area contributed by atoms with E-state index in [2.05, 4.69) is 5.32 Å². The number of carbonyl (C=O) groups excluding carboxylic acids is 1. The highest BCUT2D eigenvalue weighted by Gasteiger charge is 2.22. The molecule has 0 aliphatic rings. The lowest BCUT2D eigenvalue weighted by molar-refractivity contribution is 0.0953. The summed E-state index contributed by atoms with van der Waals surface area (Å²) in [7, 11) is -2.27. The second-order valence-corrected chi connectivity index (χ2v) is 8.74. The lowest BCUT2D eigenvalue weighted by Crippen LogP contribution is -2.28. The van der Waals surface area contributed by atoms with Crippen LogP contribution in [0.3, 0.4) is 0 Å². The van der Waals surface area contributed by atoms with Gasteiger partial charge in [-0.1, -0.05) is 23.8 Å². The van der Waals surface area contributed by atoms with E-state index in [9.17, 15) is 13.2 Å². The minimum Gasteiger partial charge on any atom is -0.469 e. The fraction of sp³-hybridized carbons (Fsp3) is 0.227. The SMILES string of the molecule is Cc1ccc(N(C)S(=O)(=O)c2cccc(C(=O)NCCCc3ccco3)c2)cc1. The number of benzene rings is 2. The molecule has 3 aromatic rings. The molecule has 6 nitrogen and oxygen atoms in total. The highest BCUT2D eigenvalue weighted by molar-refractivity contribution is 7.92. The summed E-state index contributed by atoms with van der Waals surface area (Å²) in [4.78, 5) is 12.5. The second kappa shape index (κ2) is 8.96. The molecule has 1 N–H and O–H groups in total. The second-order valence-electron chi connectivity index (χ2n) is 6.77. The molecule has 1 heterocycles. The van der Waals surface area contributed by atoms with Gasteiger partial charge in [0.2, 0.25) is 0 Å². The Balaban J connectivity index is 1.67. The van der Waals surface area contributed by atoms with Gasteiger partial charge in [0.1, 0.15) is 5.76 Å². The fourth-order valence-electron chi connectivity index (χ4n) is 2.87. The highest BCUT2D eigenvalue weighted by Crippen LogP contribution is 2.23. The first kappa shape index (κ1) is 20.7. The fourth-order valence-corrected chi connectivity index (χ4v) is 4.11. The third-order valence-electron chi connectivity index (χ3n) is 4.62. The molecule has 3 rings (SSSR count). The molecule has 0 aliphatic heterocycles. The Morgan fingerprint density at radius 3 is 2.52 bits per heavy atom. The van der Waals surface area contributed by atoms with Gasteiger partial charge in [-0.05, 0) is 55.8 Å². The molecular weight excluding hydrogens is 388 g/mol. The Labute approximate surface area is 171 Å². The topological polar surface area (TPSA) is 79.6 Å². The summed E-state index contributed by atoms with van der Waals surface area (Å²) in [6.07, 6.45) is 3.07. The number of nitrogens with one attached hydrogen (secondary N) is 1. The summed E-state index contributed by atoms with van der Waals surface area (Å²) in [5, 5.41) is 2.82. The van der Waals surface area contributed by atoms with Gasteiger partial charge in [-0.3, -0.25) is 9.10 Å². The Bertz CT molecular complexity index is 1060. The van der Waals surface area contributed by atoms with Gasteiger partial charge in [-0.2, -0.15) is 0 Å². The van der Waals surface area contributed by atoms with Crippen LogP contribution >= 0.6 is 0 Å². The Morgan fingerprint density at radius 2 is 1.83 bits per heavy atom. The van der Waals surface area contributed by atoms with Gasteiger partial charge >= 0.3 is 0 Å². The molecule has 29 heavy (non-hydrogen) atoms. The van der Waals surface area contributed by atoms with Crippen molar-refractivity contribution in [2.24, 2.45) is 0 Å². The predicted octanol–water partition coefficient (Wildman–Crippen LogP) is 3.78. The number of carbonyl (C=O) groups is 1. The first-order valence-corrected chi connectivity index (χ1v) is 10.8. The number of amides is 1. The van der Waals surface area contributed by atoms with E-state index in [0.29, 0.717) is 17.8 Å². The zero-order valence-electron chi connectivity index (χ0n) is 16.5. The lowest BCUT2D eigenvalue weighted by atomic mass is 10.2. The average Bonchev–Trinajstić information content (AvgIpc) is 3.25. The molecule has 7 heteroatoms. The molecule has 0 saturated carbocycles. The van der Waals surface area contributed by atoms with Crippen LogP contribution in [0, 0.1) is 6.92 Å². The molecule has 1 aromatic heterocycles. The van der Waals surface area contributed by atoms with Crippen LogP contribution in [0.25, 0.3) is 0 Å². The van der Waals surface area contributed by atoms with Crippen LogP contribution in [0.1, 0.15) is 28.1 Å². The van der Waals surface area contributed by atoms with Crippen LogP contribution in [0.4, 0.5) is 5.69 Å². The minimum atomic E-state index is -3.77. The van der Waals surface area contributed by atoms with Crippen LogP contribution in [0.5, 0.6) is 0 Å². The molecule has 0 aliphatic carbocycles. The van der Waals surface area contributed by atoms with Gasteiger partial charge in [-0.15, -0.1) is 0 Å². The first-order valence-electron chi connectivity index (χ1n) is 9.34. The monoisotopic (exact) mass is 412 g/mol. The van der Waals surface area contributed by atoms with E-state index in [1.165, 1.54) is 23.5 Å². The largest absolute Gasteiger partial charge is 0.469 e. The van der Waals surface area contributed by atoms with Crippen LogP contribution in [-0.2, 0) is 16.4 Å². The number of hydrogen-bond acceptors (Lipinski definition) is 4. The molecule has 0 bridgehead atoms. The molecule has 2 aromatic carbocycles. The number of hydrogen-bond donors (Lipinski definition) is 1. The van der Waals surface area contributed by atoms with E-state index in [1.807, 2.05) is 31.2 Å².